The number of ether oxygens (including phenoxy) is 1. The highest BCUT2D eigenvalue weighted by atomic mass is 19.3. The summed E-state index contributed by atoms with van der Waals surface area (Å²) in [5.74, 6) is 0.786. The Hall–Kier alpha value is -2.96. The molecule has 1 N–H and O–H groups in total. The first kappa shape index (κ1) is 16.5. The standard InChI is InChI=1S/C19H18F2N4O/c1-12-6-8-13(9-7-12)16-10-15(24-19-22-11-23-25(16)19)14-4-2-3-5-17(14)26-18(20)21/h2-9,11,15-16,18H,10H2,1H3,(H,22,23,24)/t15-,16-/m1/s1. The lowest BCUT2D eigenvalue weighted by Crippen LogP contribution is -2.28. The first-order valence-electron chi connectivity index (χ1n) is 8.38. The molecular formula is C19H18F2N4O. The van der Waals surface area contributed by atoms with Gasteiger partial charge in [0.2, 0.25) is 5.95 Å². The Balaban J connectivity index is 1.71. The van der Waals surface area contributed by atoms with Gasteiger partial charge in [-0.25, -0.2) is 4.68 Å². The van der Waals surface area contributed by atoms with Crippen molar-refractivity contribution in [2.75, 3.05) is 5.32 Å². The second-order valence-electron chi connectivity index (χ2n) is 6.30. The van der Waals surface area contributed by atoms with E-state index < -0.39 is 6.61 Å². The molecule has 3 aromatic rings. The zero-order valence-corrected chi connectivity index (χ0v) is 14.1. The first-order valence-corrected chi connectivity index (χ1v) is 8.38. The summed E-state index contributed by atoms with van der Waals surface area (Å²) in [6.45, 7) is -0.829. The summed E-state index contributed by atoms with van der Waals surface area (Å²) in [7, 11) is 0. The molecule has 134 valence electrons. The van der Waals surface area contributed by atoms with E-state index in [1.165, 1.54) is 11.9 Å². The lowest BCUT2D eigenvalue weighted by atomic mass is 9.92. The van der Waals surface area contributed by atoms with Crippen LogP contribution in [0, 0.1) is 6.92 Å². The van der Waals surface area contributed by atoms with Gasteiger partial charge >= 0.3 is 6.61 Å². The number of aromatic nitrogens is 3. The Morgan fingerprint density at radius 1 is 1.15 bits per heavy atom. The lowest BCUT2D eigenvalue weighted by Gasteiger charge is -2.32. The van der Waals surface area contributed by atoms with Gasteiger partial charge in [0.1, 0.15) is 12.1 Å². The van der Waals surface area contributed by atoms with Crippen molar-refractivity contribution in [2.45, 2.75) is 32.0 Å². The molecule has 0 radical (unpaired) electrons. The van der Waals surface area contributed by atoms with E-state index in [0.29, 0.717) is 17.9 Å². The van der Waals surface area contributed by atoms with Crippen LogP contribution in [0.5, 0.6) is 5.75 Å². The molecule has 2 atom stereocenters. The molecule has 1 aliphatic heterocycles. The Kier molecular flexibility index (Phi) is 4.28. The zero-order chi connectivity index (χ0) is 18.1. The maximum Gasteiger partial charge on any atom is 0.387 e. The summed E-state index contributed by atoms with van der Waals surface area (Å²) in [5, 5.41) is 7.61. The third-order valence-corrected chi connectivity index (χ3v) is 4.60. The van der Waals surface area contributed by atoms with Gasteiger partial charge in [-0.05, 0) is 25.0 Å². The summed E-state index contributed by atoms with van der Waals surface area (Å²) >= 11 is 0. The number of hydrogen-bond acceptors (Lipinski definition) is 4. The van der Waals surface area contributed by atoms with Crippen molar-refractivity contribution >= 4 is 5.95 Å². The van der Waals surface area contributed by atoms with Crippen LogP contribution < -0.4 is 10.1 Å². The van der Waals surface area contributed by atoms with Gasteiger partial charge in [-0.2, -0.15) is 18.9 Å². The highest BCUT2D eigenvalue weighted by molar-refractivity contribution is 5.44. The molecular weight excluding hydrogens is 338 g/mol. The minimum absolute atomic E-state index is 0.0426. The average Bonchev–Trinajstić information content (AvgIpc) is 3.10. The predicted octanol–water partition coefficient (Wildman–Crippen LogP) is 4.33. The van der Waals surface area contributed by atoms with Crippen LogP contribution in [0.4, 0.5) is 14.7 Å². The van der Waals surface area contributed by atoms with Crippen molar-refractivity contribution in [1.82, 2.24) is 14.8 Å². The third-order valence-electron chi connectivity index (χ3n) is 4.60. The number of nitrogens with one attached hydrogen (secondary N) is 1. The van der Waals surface area contributed by atoms with E-state index in [9.17, 15) is 8.78 Å². The largest absolute Gasteiger partial charge is 0.434 e. The molecule has 1 aromatic heterocycles. The van der Waals surface area contributed by atoms with Crippen molar-refractivity contribution in [3.63, 3.8) is 0 Å². The van der Waals surface area contributed by atoms with Crippen LogP contribution in [0.3, 0.4) is 0 Å². The van der Waals surface area contributed by atoms with Gasteiger partial charge in [-0.3, -0.25) is 0 Å². The number of benzene rings is 2. The summed E-state index contributed by atoms with van der Waals surface area (Å²) in [6, 6.07) is 14.8. The monoisotopic (exact) mass is 356 g/mol. The average molecular weight is 356 g/mol. The molecule has 5 nitrogen and oxygen atoms in total. The molecule has 4 rings (SSSR count). The van der Waals surface area contributed by atoms with Crippen LogP contribution in [0.2, 0.25) is 0 Å². The second-order valence-corrected chi connectivity index (χ2v) is 6.30. The minimum atomic E-state index is -2.86. The molecule has 1 aliphatic rings. The van der Waals surface area contributed by atoms with Crippen LogP contribution in [-0.4, -0.2) is 21.4 Å². The van der Waals surface area contributed by atoms with Crippen molar-refractivity contribution in [2.24, 2.45) is 0 Å². The van der Waals surface area contributed by atoms with E-state index in [1.807, 2.05) is 17.7 Å². The van der Waals surface area contributed by atoms with Crippen molar-refractivity contribution < 1.29 is 13.5 Å². The molecule has 2 heterocycles. The maximum absolute atomic E-state index is 12.8. The number of rotatable bonds is 4. The molecule has 0 amide bonds. The molecule has 0 fully saturated rings. The van der Waals surface area contributed by atoms with Crippen LogP contribution in [0.15, 0.2) is 54.9 Å². The van der Waals surface area contributed by atoms with Gasteiger partial charge in [0.05, 0.1) is 12.1 Å². The number of para-hydroxylation sites is 1. The quantitative estimate of drug-likeness (QED) is 0.756. The highest BCUT2D eigenvalue weighted by Crippen LogP contribution is 2.40. The number of nitrogens with zero attached hydrogens (tertiary/aromatic N) is 3. The van der Waals surface area contributed by atoms with Crippen LogP contribution in [0.1, 0.15) is 35.2 Å². The molecule has 0 saturated carbocycles. The summed E-state index contributed by atoms with van der Waals surface area (Å²) < 4.78 is 32.1. The highest BCUT2D eigenvalue weighted by Gasteiger charge is 2.31. The summed E-state index contributed by atoms with van der Waals surface area (Å²) in [4.78, 5) is 4.27. The SMILES string of the molecule is Cc1ccc([C@H]2C[C@H](c3ccccc3OC(F)F)Nc3ncnn32)cc1. The normalized spacial score (nSPS) is 19.1. The first-order chi connectivity index (χ1) is 12.6. The number of aryl methyl sites for hydroxylation is 1. The van der Waals surface area contributed by atoms with Crippen molar-refractivity contribution in [1.29, 1.82) is 0 Å². The number of fused-ring (bicyclic) bond motifs is 1. The van der Waals surface area contributed by atoms with E-state index in [-0.39, 0.29) is 17.8 Å². The third kappa shape index (κ3) is 3.12. The van der Waals surface area contributed by atoms with E-state index in [4.69, 9.17) is 4.74 Å². The predicted molar refractivity (Wildman–Crippen MR) is 93.4 cm³/mol. The molecule has 2 aromatic carbocycles. The smallest absolute Gasteiger partial charge is 0.387 e. The molecule has 26 heavy (non-hydrogen) atoms. The molecule has 0 saturated heterocycles. The Bertz CT molecular complexity index is 895. The number of alkyl halides is 2. The minimum Gasteiger partial charge on any atom is -0.434 e. The van der Waals surface area contributed by atoms with Gasteiger partial charge in [0.15, 0.2) is 0 Å². The fourth-order valence-corrected chi connectivity index (χ4v) is 3.36. The maximum atomic E-state index is 12.8. The Morgan fingerprint density at radius 2 is 1.92 bits per heavy atom. The Morgan fingerprint density at radius 3 is 2.69 bits per heavy atom. The summed E-state index contributed by atoms with van der Waals surface area (Å²) in [5.41, 5.74) is 2.95. The Labute approximate surface area is 149 Å². The second kappa shape index (κ2) is 6.74. The van der Waals surface area contributed by atoms with Crippen molar-refractivity contribution in [3.8, 4) is 5.75 Å². The topological polar surface area (TPSA) is 52.0 Å². The molecule has 7 heteroatoms. The van der Waals surface area contributed by atoms with E-state index in [2.05, 4.69) is 39.7 Å². The van der Waals surface area contributed by atoms with E-state index >= 15 is 0 Å². The van der Waals surface area contributed by atoms with Crippen molar-refractivity contribution in [3.05, 3.63) is 71.5 Å². The van der Waals surface area contributed by atoms with Gasteiger partial charge in [0.25, 0.3) is 0 Å². The molecule has 0 bridgehead atoms. The fourth-order valence-electron chi connectivity index (χ4n) is 3.36. The molecule has 0 aliphatic carbocycles. The number of hydrogen-bond donors (Lipinski definition) is 1. The summed E-state index contributed by atoms with van der Waals surface area (Å²) in [6.07, 6.45) is 2.14. The van der Waals surface area contributed by atoms with Gasteiger partial charge < -0.3 is 10.1 Å². The number of anilines is 1. The lowest BCUT2D eigenvalue weighted by molar-refractivity contribution is -0.0506. The fraction of sp³-hybridized carbons (Fsp3) is 0.263. The van der Waals surface area contributed by atoms with E-state index in [0.717, 1.165) is 5.56 Å². The molecule has 0 spiro atoms. The van der Waals surface area contributed by atoms with Crippen LogP contribution in [0.25, 0.3) is 0 Å². The van der Waals surface area contributed by atoms with Crippen LogP contribution >= 0.6 is 0 Å². The van der Waals surface area contributed by atoms with Gasteiger partial charge in [0, 0.05) is 5.56 Å². The van der Waals surface area contributed by atoms with Gasteiger partial charge in [-0.15, -0.1) is 0 Å². The van der Waals surface area contributed by atoms with E-state index in [1.54, 1.807) is 18.2 Å². The molecule has 0 unspecified atom stereocenters. The van der Waals surface area contributed by atoms with Gasteiger partial charge in [-0.1, -0.05) is 48.0 Å². The number of halogens is 2. The van der Waals surface area contributed by atoms with Crippen LogP contribution in [-0.2, 0) is 0 Å². The zero-order valence-electron chi connectivity index (χ0n) is 14.1.